The van der Waals surface area contributed by atoms with Gasteiger partial charge < -0.3 is 0 Å². The Morgan fingerprint density at radius 2 is 0.722 bits per heavy atom. The molecular weight excluding hydrogens is 436 g/mol. The van der Waals surface area contributed by atoms with Crippen molar-refractivity contribution in [2.24, 2.45) is 0 Å². The fourth-order valence-electron chi connectivity index (χ4n) is 4.55. The third kappa shape index (κ3) is 3.67. The normalized spacial score (nSPS) is 10.3. The van der Waals surface area contributed by atoms with Gasteiger partial charge in [-0.05, 0) is 93.0 Å². The number of nitriles is 2. The number of hydrogen-bond donors (Lipinski definition) is 0. The van der Waals surface area contributed by atoms with E-state index >= 15 is 0 Å². The smallest absolute Gasteiger partial charge is 0.0991 e. The minimum absolute atomic E-state index is 0.626. The van der Waals surface area contributed by atoms with Gasteiger partial charge in [0.05, 0.1) is 23.3 Å². The summed E-state index contributed by atoms with van der Waals surface area (Å²) in [6, 6.07) is 35.9. The summed E-state index contributed by atoms with van der Waals surface area (Å²) in [7, 11) is 0. The minimum atomic E-state index is 0.626. The highest BCUT2D eigenvalue weighted by molar-refractivity contribution is 6.24. The monoisotopic (exact) mass is 452 g/mol. The van der Waals surface area contributed by atoms with Gasteiger partial charge in [0.15, 0.2) is 0 Å². The van der Waals surface area contributed by atoms with Gasteiger partial charge in [-0.15, -0.1) is 0 Å². The van der Waals surface area contributed by atoms with Gasteiger partial charge in [-0.2, -0.15) is 10.5 Å². The zero-order valence-corrected chi connectivity index (χ0v) is 19.1. The van der Waals surface area contributed by atoms with Gasteiger partial charge in [0.25, 0.3) is 0 Å². The molecule has 0 aliphatic rings. The van der Waals surface area contributed by atoms with Crippen LogP contribution < -0.4 is 0 Å². The Hall–Kier alpha value is -5.54. The predicted molar refractivity (Wildman–Crippen MR) is 144 cm³/mol. The summed E-state index contributed by atoms with van der Waals surface area (Å²) in [6.45, 7) is 0. The lowest BCUT2D eigenvalue weighted by Gasteiger charge is -2.13. The Morgan fingerprint density at radius 3 is 1.11 bits per heavy atom. The van der Waals surface area contributed by atoms with E-state index in [-0.39, 0.29) is 0 Å². The first-order chi connectivity index (χ1) is 17.7. The van der Waals surface area contributed by atoms with Crippen LogP contribution in [-0.4, -0.2) is 0 Å². The van der Waals surface area contributed by atoms with E-state index in [9.17, 15) is 0 Å². The second-order valence-corrected chi connectivity index (χ2v) is 8.53. The maximum atomic E-state index is 9.02. The van der Waals surface area contributed by atoms with Gasteiger partial charge in [0.2, 0.25) is 0 Å². The Balaban J connectivity index is 1.49. The molecule has 0 aliphatic carbocycles. The lowest BCUT2D eigenvalue weighted by Crippen LogP contribution is -1.89. The Kier molecular flexibility index (Phi) is 5.06. The van der Waals surface area contributed by atoms with E-state index in [4.69, 9.17) is 10.5 Å². The van der Waals surface area contributed by atoms with Gasteiger partial charge in [-0.25, -0.2) is 0 Å². The molecule has 6 rings (SSSR count). The van der Waals surface area contributed by atoms with Gasteiger partial charge in [0, 0.05) is 22.3 Å². The lowest BCUT2D eigenvalue weighted by atomic mass is 9.90. The van der Waals surface area contributed by atoms with Crippen LogP contribution in [0.3, 0.4) is 0 Å². The highest BCUT2D eigenvalue weighted by Crippen LogP contribution is 2.37. The summed E-state index contributed by atoms with van der Waals surface area (Å²) in [5.41, 5.74) is 4.94. The van der Waals surface area contributed by atoms with Crippen LogP contribution in [-0.2, 0) is 0 Å². The molecule has 36 heavy (non-hydrogen) atoms. The highest BCUT2D eigenvalue weighted by Gasteiger charge is 2.12. The lowest BCUT2D eigenvalue weighted by molar-refractivity contribution is 1.48. The molecule has 0 spiro atoms. The van der Waals surface area contributed by atoms with Crippen LogP contribution in [0.4, 0.5) is 0 Å². The molecule has 6 aromatic rings. The first kappa shape index (κ1) is 21.0. The minimum Gasteiger partial charge on any atom is -0.192 e. The van der Waals surface area contributed by atoms with Crippen molar-refractivity contribution in [3.63, 3.8) is 0 Å². The average Bonchev–Trinajstić information content (AvgIpc) is 2.94. The van der Waals surface area contributed by atoms with Crippen LogP contribution in [0.25, 0.3) is 32.3 Å². The third-order valence-corrected chi connectivity index (χ3v) is 6.38. The fourth-order valence-corrected chi connectivity index (χ4v) is 4.55. The first-order valence-electron chi connectivity index (χ1n) is 11.5. The Morgan fingerprint density at radius 1 is 0.361 bits per heavy atom. The predicted octanol–water partition coefficient (Wildman–Crippen LogP) is 7.13. The molecule has 0 amide bonds. The molecule has 0 bridgehead atoms. The van der Waals surface area contributed by atoms with Gasteiger partial charge in [-0.3, -0.25) is 0 Å². The molecular formula is C34H16N2. The van der Waals surface area contributed by atoms with Crippen LogP contribution in [0.2, 0.25) is 0 Å². The fraction of sp³-hybridized carbons (Fsp3) is 0. The van der Waals surface area contributed by atoms with Crippen molar-refractivity contribution in [1.29, 1.82) is 10.5 Å². The summed E-state index contributed by atoms with van der Waals surface area (Å²) in [5, 5.41) is 25.0. The zero-order valence-electron chi connectivity index (χ0n) is 19.1. The van der Waals surface area contributed by atoms with Crippen molar-refractivity contribution in [3.05, 3.63) is 130 Å². The highest BCUT2D eigenvalue weighted by atomic mass is 14.2. The van der Waals surface area contributed by atoms with Crippen LogP contribution in [0.1, 0.15) is 33.4 Å². The second-order valence-electron chi connectivity index (χ2n) is 8.53. The SMILES string of the molecule is N#Cc1ccc(C#Cc2ccc3ccc4ccc(C#Cc5ccc(C#N)cc5)c5ccc2c3c45)cc1. The molecule has 0 fully saturated rings. The van der Waals surface area contributed by atoms with Crippen LogP contribution in [0.5, 0.6) is 0 Å². The van der Waals surface area contributed by atoms with E-state index in [1.807, 2.05) is 24.3 Å². The van der Waals surface area contributed by atoms with E-state index < -0.39 is 0 Å². The molecule has 0 heterocycles. The summed E-state index contributed by atoms with van der Waals surface area (Å²) >= 11 is 0. The molecule has 0 unspecified atom stereocenters. The maximum absolute atomic E-state index is 9.02. The Bertz CT molecular complexity index is 1840. The van der Waals surface area contributed by atoms with Gasteiger partial charge >= 0.3 is 0 Å². The summed E-state index contributed by atoms with van der Waals surface area (Å²) in [5.74, 6) is 13.2. The number of benzene rings is 6. The topological polar surface area (TPSA) is 47.6 Å². The number of hydrogen-bond acceptors (Lipinski definition) is 2. The van der Waals surface area contributed by atoms with Gasteiger partial charge in [-0.1, -0.05) is 60.1 Å². The first-order valence-corrected chi connectivity index (χ1v) is 11.5. The summed E-state index contributed by atoms with van der Waals surface area (Å²) < 4.78 is 0. The van der Waals surface area contributed by atoms with Crippen LogP contribution in [0.15, 0.2) is 97.1 Å². The standard InChI is InChI=1S/C34H16N2/c35-21-25-5-1-23(2-6-25)9-11-27-13-15-29-17-18-30-16-14-28(32-20-19-31(27)33(29)34(30)32)12-10-24-3-7-26(22-36)8-4-24/h1-8,13-20H. The summed E-state index contributed by atoms with van der Waals surface area (Å²) in [4.78, 5) is 0. The number of rotatable bonds is 0. The van der Waals surface area contributed by atoms with Crippen molar-refractivity contribution in [2.45, 2.75) is 0 Å². The van der Waals surface area contributed by atoms with Gasteiger partial charge in [0.1, 0.15) is 0 Å². The maximum Gasteiger partial charge on any atom is 0.0991 e. The third-order valence-electron chi connectivity index (χ3n) is 6.38. The van der Waals surface area contributed by atoms with E-state index in [2.05, 4.69) is 84.4 Å². The van der Waals surface area contributed by atoms with E-state index in [0.29, 0.717) is 11.1 Å². The molecule has 0 saturated heterocycles. The molecule has 2 heteroatoms. The average molecular weight is 453 g/mol. The van der Waals surface area contributed by atoms with E-state index in [0.717, 1.165) is 33.0 Å². The van der Waals surface area contributed by atoms with Crippen molar-refractivity contribution < 1.29 is 0 Å². The van der Waals surface area contributed by atoms with Crippen LogP contribution >= 0.6 is 0 Å². The summed E-state index contributed by atoms with van der Waals surface area (Å²) in [6.07, 6.45) is 0. The molecule has 0 aliphatic heterocycles. The Labute approximate surface area is 209 Å². The molecule has 0 radical (unpaired) electrons. The molecule has 0 saturated carbocycles. The molecule has 0 aromatic heterocycles. The molecule has 6 aromatic carbocycles. The van der Waals surface area contributed by atoms with Crippen LogP contribution in [0, 0.1) is 46.3 Å². The van der Waals surface area contributed by atoms with E-state index in [1.165, 1.54) is 21.5 Å². The van der Waals surface area contributed by atoms with Crippen molar-refractivity contribution in [2.75, 3.05) is 0 Å². The van der Waals surface area contributed by atoms with Crippen molar-refractivity contribution in [3.8, 4) is 35.8 Å². The molecule has 0 atom stereocenters. The second kappa shape index (κ2) is 8.67. The zero-order chi connectivity index (χ0) is 24.5. The van der Waals surface area contributed by atoms with Crippen molar-refractivity contribution >= 4 is 32.3 Å². The quantitative estimate of drug-likeness (QED) is 0.182. The molecule has 162 valence electrons. The number of nitrogens with zero attached hydrogens (tertiary/aromatic N) is 2. The molecule has 0 N–H and O–H groups in total. The molecule has 2 nitrogen and oxygen atoms in total. The largest absolute Gasteiger partial charge is 0.192 e. The van der Waals surface area contributed by atoms with Crippen molar-refractivity contribution in [1.82, 2.24) is 0 Å². The van der Waals surface area contributed by atoms with E-state index in [1.54, 1.807) is 24.3 Å².